The molecule has 1 saturated heterocycles. The molecule has 0 unspecified atom stereocenters. The third kappa shape index (κ3) is 5.04. The lowest BCUT2D eigenvalue weighted by atomic mass is 9.91. The van der Waals surface area contributed by atoms with Crippen LogP contribution in [-0.2, 0) is 22.6 Å². The average Bonchev–Trinajstić information content (AvgIpc) is 3.35. The van der Waals surface area contributed by atoms with E-state index in [9.17, 15) is 9.59 Å². The van der Waals surface area contributed by atoms with E-state index in [1.165, 1.54) is 19.8 Å². The molecular formula is C28H30N2O8. The Balaban J connectivity index is 1.34. The van der Waals surface area contributed by atoms with Crippen LogP contribution in [0.2, 0.25) is 0 Å². The van der Waals surface area contributed by atoms with Gasteiger partial charge in [-0.2, -0.15) is 0 Å². The first-order chi connectivity index (χ1) is 18.5. The van der Waals surface area contributed by atoms with Crippen LogP contribution in [0.1, 0.15) is 30.5 Å². The highest BCUT2D eigenvalue weighted by molar-refractivity contribution is 6.03. The molecule has 0 amide bonds. The van der Waals surface area contributed by atoms with Crippen LogP contribution in [0.25, 0.3) is 11.0 Å². The topological polar surface area (TPSA) is 110 Å². The van der Waals surface area contributed by atoms with E-state index in [0.717, 1.165) is 56.8 Å². The number of carbonyl (C=O) groups excluding carboxylic acids is 2. The second kappa shape index (κ2) is 11.1. The first-order valence-electron chi connectivity index (χ1n) is 12.5. The maximum absolute atomic E-state index is 12.3. The van der Waals surface area contributed by atoms with Gasteiger partial charge in [0.25, 0.3) is 0 Å². The first kappa shape index (κ1) is 25.6. The summed E-state index contributed by atoms with van der Waals surface area (Å²) in [5, 5.41) is 4.71. The normalized spacial score (nSPS) is 17.2. The molecule has 1 fully saturated rings. The fraction of sp³-hybridized carbons (Fsp3) is 0.393. The fourth-order valence-electron chi connectivity index (χ4n) is 5.12. The molecule has 0 radical (unpaired) electrons. The molecule has 0 saturated carbocycles. The molecule has 0 spiro atoms. The third-order valence-electron chi connectivity index (χ3n) is 7.07. The number of hydrogen-bond acceptors (Lipinski definition) is 10. The maximum Gasteiger partial charge on any atom is 0.336 e. The number of fused-ring (bicyclic) bond motifs is 3. The number of esters is 2. The van der Waals surface area contributed by atoms with Crippen molar-refractivity contribution in [1.29, 1.82) is 0 Å². The van der Waals surface area contributed by atoms with Crippen molar-refractivity contribution in [2.45, 2.75) is 32.2 Å². The standard InChI is InChI=1S/C28H30N2O8/c1-33-20-7-5-4-6-18(20)16-30-14-12-17(13-15-30)8-9-19-23-24-28(37-22(32)11-10-21(31)36-24)27(35-3)26(34-2)25(23)38-29-19/h4-7,10-11,17H,8-9,12-16H2,1-3H3/b11-10+. The van der Waals surface area contributed by atoms with Crippen molar-refractivity contribution in [3.8, 4) is 28.7 Å². The average molecular weight is 523 g/mol. The Kier molecular flexibility index (Phi) is 7.50. The van der Waals surface area contributed by atoms with E-state index in [0.29, 0.717) is 23.4 Å². The molecule has 10 heteroatoms. The number of carbonyl (C=O) groups is 2. The minimum Gasteiger partial charge on any atom is -0.496 e. The van der Waals surface area contributed by atoms with E-state index in [-0.39, 0.29) is 28.6 Å². The van der Waals surface area contributed by atoms with Crippen molar-refractivity contribution in [3.05, 3.63) is 47.7 Å². The number of likely N-dealkylation sites (tertiary alicyclic amines) is 1. The molecule has 38 heavy (non-hydrogen) atoms. The summed E-state index contributed by atoms with van der Waals surface area (Å²) >= 11 is 0. The molecule has 0 aliphatic carbocycles. The quantitative estimate of drug-likeness (QED) is 0.317. The summed E-state index contributed by atoms with van der Waals surface area (Å²) in [5.41, 5.74) is 2.05. The zero-order valence-electron chi connectivity index (χ0n) is 21.7. The summed E-state index contributed by atoms with van der Waals surface area (Å²) in [4.78, 5) is 27.0. The number of piperidine rings is 1. The minimum absolute atomic E-state index is 0.0308. The Bertz CT molecular complexity index is 1370. The van der Waals surface area contributed by atoms with Gasteiger partial charge in [-0.25, -0.2) is 9.59 Å². The monoisotopic (exact) mass is 522 g/mol. The number of para-hydroxylation sites is 1. The van der Waals surface area contributed by atoms with E-state index < -0.39 is 11.9 Å². The molecule has 0 N–H and O–H groups in total. The van der Waals surface area contributed by atoms with Gasteiger partial charge in [-0.05, 0) is 50.8 Å². The van der Waals surface area contributed by atoms with Gasteiger partial charge in [-0.3, -0.25) is 4.90 Å². The SMILES string of the molecule is COc1ccccc1CN1CCC(CCc2noc3c(OC)c(OC)c4c(c23)OC(=O)/C=C/C(=O)O4)CC1. The third-order valence-corrected chi connectivity index (χ3v) is 7.07. The van der Waals surface area contributed by atoms with Gasteiger partial charge in [0.1, 0.15) is 5.75 Å². The molecule has 3 aromatic rings. The molecule has 0 atom stereocenters. The largest absolute Gasteiger partial charge is 0.496 e. The van der Waals surface area contributed by atoms with Gasteiger partial charge in [0.15, 0.2) is 5.75 Å². The predicted molar refractivity (Wildman–Crippen MR) is 137 cm³/mol. The zero-order chi connectivity index (χ0) is 26.6. The Morgan fingerprint density at radius 1 is 0.921 bits per heavy atom. The summed E-state index contributed by atoms with van der Waals surface area (Å²) in [6.07, 6.45) is 5.58. The molecule has 10 nitrogen and oxygen atoms in total. The maximum atomic E-state index is 12.3. The van der Waals surface area contributed by atoms with Crippen LogP contribution in [0.5, 0.6) is 28.7 Å². The van der Waals surface area contributed by atoms with Crippen LogP contribution in [-0.4, -0.2) is 56.4 Å². The van der Waals surface area contributed by atoms with E-state index >= 15 is 0 Å². The number of rotatable bonds is 8. The summed E-state index contributed by atoms with van der Waals surface area (Å²) in [6, 6.07) is 8.12. The van der Waals surface area contributed by atoms with Gasteiger partial charge in [0.05, 0.1) is 32.4 Å². The molecule has 2 aromatic carbocycles. The predicted octanol–water partition coefficient (Wildman–Crippen LogP) is 4.08. The molecule has 2 aliphatic heterocycles. The molecule has 3 heterocycles. The number of ether oxygens (including phenoxy) is 5. The van der Waals surface area contributed by atoms with Crippen molar-refractivity contribution >= 4 is 22.9 Å². The molecule has 1 aromatic heterocycles. The number of benzene rings is 2. The highest BCUT2D eigenvalue weighted by atomic mass is 16.6. The number of methoxy groups -OCH3 is 3. The lowest BCUT2D eigenvalue weighted by molar-refractivity contribution is -0.133. The minimum atomic E-state index is -0.736. The highest BCUT2D eigenvalue weighted by Crippen LogP contribution is 2.52. The molecular weight excluding hydrogens is 492 g/mol. The fourth-order valence-corrected chi connectivity index (χ4v) is 5.12. The Morgan fingerprint density at radius 2 is 1.61 bits per heavy atom. The molecule has 5 rings (SSSR count). The lowest BCUT2D eigenvalue weighted by Crippen LogP contribution is -2.33. The molecule has 0 bridgehead atoms. The van der Waals surface area contributed by atoms with Crippen molar-refractivity contribution in [1.82, 2.24) is 10.1 Å². The first-order valence-corrected chi connectivity index (χ1v) is 12.5. The van der Waals surface area contributed by atoms with Gasteiger partial charge < -0.3 is 28.2 Å². The zero-order valence-corrected chi connectivity index (χ0v) is 21.7. The van der Waals surface area contributed by atoms with Crippen LogP contribution in [0.15, 0.2) is 40.9 Å². The van der Waals surface area contributed by atoms with Crippen molar-refractivity contribution in [3.63, 3.8) is 0 Å². The summed E-state index contributed by atoms with van der Waals surface area (Å²) in [5.74, 6) is 0.232. The van der Waals surface area contributed by atoms with Gasteiger partial charge >= 0.3 is 11.9 Å². The lowest BCUT2D eigenvalue weighted by Gasteiger charge is -2.32. The Morgan fingerprint density at radius 3 is 2.29 bits per heavy atom. The Labute approximate surface area is 220 Å². The van der Waals surface area contributed by atoms with Gasteiger partial charge in [-0.1, -0.05) is 23.4 Å². The Hall–Kier alpha value is -4.05. The van der Waals surface area contributed by atoms with Crippen LogP contribution in [0.4, 0.5) is 0 Å². The number of aryl methyl sites for hydroxylation is 1. The van der Waals surface area contributed by atoms with E-state index in [4.69, 9.17) is 28.2 Å². The van der Waals surface area contributed by atoms with Crippen LogP contribution in [0, 0.1) is 5.92 Å². The summed E-state index contributed by atoms with van der Waals surface area (Å²) in [7, 11) is 4.54. The smallest absolute Gasteiger partial charge is 0.336 e. The van der Waals surface area contributed by atoms with E-state index in [2.05, 4.69) is 16.1 Å². The van der Waals surface area contributed by atoms with Gasteiger partial charge in [0.2, 0.25) is 22.8 Å². The van der Waals surface area contributed by atoms with Crippen molar-refractivity contribution in [2.75, 3.05) is 34.4 Å². The van der Waals surface area contributed by atoms with Crippen LogP contribution < -0.4 is 23.7 Å². The number of nitrogens with zero attached hydrogens (tertiary/aromatic N) is 2. The van der Waals surface area contributed by atoms with E-state index in [1.54, 1.807) is 7.11 Å². The second-order valence-corrected chi connectivity index (χ2v) is 9.30. The summed E-state index contributed by atoms with van der Waals surface area (Å²) in [6.45, 7) is 2.84. The highest BCUT2D eigenvalue weighted by Gasteiger charge is 2.33. The van der Waals surface area contributed by atoms with Gasteiger partial charge in [0, 0.05) is 24.3 Å². The van der Waals surface area contributed by atoms with E-state index in [1.807, 2.05) is 18.2 Å². The second-order valence-electron chi connectivity index (χ2n) is 9.30. The van der Waals surface area contributed by atoms with Crippen molar-refractivity contribution < 1.29 is 37.8 Å². The summed E-state index contributed by atoms with van der Waals surface area (Å²) < 4.78 is 33.1. The molecule has 200 valence electrons. The molecule has 2 aliphatic rings. The number of aromatic nitrogens is 1. The van der Waals surface area contributed by atoms with Gasteiger partial charge in [-0.15, -0.1) is 0 Å². The number of hydrogen-bond donors (Lipinski definition) is 0. The van der Waals surface area contributed by atoms with Crippen LogP contribution >= 0.6 is 0 Å². The van der Waals surface area contributed by atoms with Crippen LogP contribution in [0.3, 0.4) is 0 Å². The van der Waals surface area contributed by atoms with Crippen molar-refractivity contribution in [2.24, 2.45) is 5.92 Å².